The molecule has 0 aliphatic carbocycles. The average molecular weight is 304 g/mol. The number of aryl methyl sites for hydroxylation is 2. The lowest BCUT2D eigenvalue weighted by atomic mass is 10.0. The lowest BCUT2D eigenvalue weighted by molar-refractivity contribution is -0.138. The molecule has 0 saturated carbocycles. The van der Waals surface area contributed by atoms with Crippen LogP contribution in [0.2, 0.25) is 0 Å². The fourth-order valence-corrected chi connectivity index (χ4v) is 3.54. The van der Waals surface area contributed by atoms with Crippen molar-refractivity contribution >= 4 is 11.8 Å². The standard InChI is InChI=1S/C16H24N4O2/c1-11-9-12(2)20(18-11)10-13-5-3-4-8-19(13)16(22)14-6-7-15(21)17-14/h9,13-14H,3-8,10H2,1-2H3,(H,17,21)/t13-,14-/m1/s1. The summed E-state index contributed by atoms with van der Waals surface area (Å²) in [6.07, 6.45) is 4.28. The second-order valence-corrected chi connectivity index (χ2v) is 6.45. The van der Waals surface area contributed by atoms with Crippen molar-refractivity contribution in [3.05, 3.63) is 17.5 Å². The van der Waals surface area contributed by atoms with E-state index >= 15 is 0 Å². The molecule has 2 amide bonds. The van der Waals surface area contributed by atoms with E-state index in [9.17, 15) is 9.59 Å². The number of likely N-dealkylation sites (tertiary alicyclic amines) is 1. The minimum Gasteiger partial charge on any atom is -0.344 e. The molecule has 120 valence electrons. The van der Waals surface area contributed by atoms with Gasteiger partial charge < -0.3 is 10.2 Å². The zero-order chi connectivity index (χ0) is 15.7. The van der Waals surface area contributed by atoms with Crippen molar-refractivity contribution in [2.75, 3.05) is 6.54 Å². The Morgan fingerprint density at radius 1 is 1.36 bits per heavy atom. The summed E-state index contributed by atoms with van der Waals surface area (Å²) in [5, 5.41) is 7.31. The van der Waals surface area contributed by atoms with E-state index in [4.69, 9.17) is 0 Å². The van der Waals surface area contributed by atoms with Gasteiger partial charge in [0, 0.05) is 18.7 Å². The van der Waals surface area contributed by atoms with Crippen LogP contribution in [0, 0.1) is 13.8 Å². The Balaban J connectivity index is 1.72. The second-order valence-electron chi connectivity index (χ2n) is 6.45. The maximum absolute atomic E-state index is 12.7. The molecule has 0 radical (unpaired) electrons. The summed E-state index contributed by atoms with van der Waals surface area (Å²) in [5.41, 5.74) is 2.14. The van der Waals surface area contributed by atoms with Gasteiger partial charge in [0.1, 0.15) is 6.04 Å². The molecule has 1 N–H and O–H groups in total. The number of piperidine rings is 1. The molecular weight excluding hydrogens is 280 g/mol. The highest BCUT2D eigenvalue weighted by Crippen LogP contribution is 2.22. The van der Waals surface area contributed by atoms with Crippen LogP contribution in [-0.2, 0) is 16.1 Å². The van der Waals surface area contributed by atoms with E-state index < -0.39 is 0 Å². The van der Waals surface area contributed by atoms with Crippen LogP contribution in [0.3, 0.4) is 0 Å². The van der Waals surface area contributed by atoms with Gasteiger partial charge in [0.05, 0.1) is 18.3 Å². The molecule has 6 heteroatoms. The lowest BCUT2D eigenvalue weighted by Gasteiger charge is -2.37. The maximum Gasteiger partial charge on any atom is 0.245 e. The van der Waals surface area contributed by atoms with Gasteiger partial charge >= 0.3 is 0 Å². The third-order valence-corrected chi connectivity index (χ3v) is 4.69. The summed E-state index contributed by atoms with van der Waals surface area (Å²) in [4.78, 5) is 26.1. The number of nitrogens with zero attached hydrogens (tertiary/aromatic N) is 3. The van der Waals surface area contributed by atoms with Gasteiger partial charge in [0.25, 0.3) is 0 Å². The fraction of sp³-hybridized carbons (Fsp3) is 0.688. The Morgan fingerprint density at radius 2 is 2.18 bits per heavy atom. The quantitative estimate of drug-likeness (QED) is 0.911. The number of hydrogen-bond acceptors (Lipinski definition) is 3. The molecule has 2 aliphatic rings. The summed E-state index contributed by atoms with van der Waals surface area (Å²) in [6.45, 7) is 5.56. The zero-order valence-electron chi connectivity index (χ0n) is 13.3. The van der Waals surface area contributed by atoms with Crippen LogP contribution >= 0.6 is 0 Å². The molecule has 3 heterocycles. The summed E-state index contributed by atoms with van der Waals surface area (Å²) in [6, 6.07) is 1.91. The topological polar surface area (TPSA) is 67.2 Å². The number of rotatable bonds is 3. The predicted molar refractivity (Wildman–Crippen MR) is 82.2 cm³/mol. The lowest BCUT2D eigenvalue weighted by Crippen LogP contribution is -2.52. The largest absolute Gasteiger partial charge is 0.344 e. The van der Waals surface area contributed by atoms with Crippen LogP contribution in [0.25, 0.3) is 0 Å². The van der Waals surface area contributed by atoms with Gasteiger partial charge in [-0.2, -0.15) is 5.10 Å². The summed E-state index contributed by atoms with van der Waals surface area (Å²) >= 11 is 0. The molecule has 0 unspecified atom stereocenters. The highest BCUT2D eigenvalue weighted by atomic mass is 16.2. The van der Waals surface area contributed by atoms with E-state index in [-0.39, 0.29) is 23.9 Å². The number of aromatic nitrogens is 2. The van der Waals surface area contributed by atoms with Crippen molar-refractivity contribution in [3.63, 3.8) is 0 Å². The van der Waals surface area contributed by atoms with E-state index in [1.54, 1.807) is 0 Å². The van der Waals surface area contributed by atoms with Gasteiger partial charge in [0.2, 0.25) is 11.8 Å². The third-order valence-electron chi connectivity index (χ3n) is 4.69. The van der Waals surface area contributed by atoms with E-state index in [0.717, 1.165) is 43.7 Å². The first kappa shape index (κ1) is 15.1. The highest BCUT2D eigenvalue weighted by Gasteiger charge is 2.35. The van der Waals surface area contributed by atoms with E-state index in [0.29, 0.717) is 12.8 Å². The Morgan fingerprint density at radius 3 is 2.82 bits per heavy atom. The van der Waals surface area contributed by atoms with Crippen LogP contribution in [-0.4, -0.2) is 45.1 Å². The Hall–Kier alpha value is -1.85. The first-order valence-corrected chi connectivity index (χ1v) is 8.15. The molecule has 0 spiro atoms. The third kappa shape index (κ3) is 3.00. The minimum absolute atomic E-state index is 0.00884. The Kier molecular flexibility index (Phi) is 4.18. The van der Waals surface area contributed by atoms with Gasteiger partial charge in [0.15, 0.2) is 0 Å². The van der Waals surface area contributed by atoms with Gasteiger partial charge in [-0.15, -0.1) is 0 Å². The van der Waals surface area contributed by atoms with Gasteiger partial charge in [-0.25, -0.2) is 0 Å². The first-order chi connectivity index (χ1) is 10.5. The van der Waals surface area contributed by atoms with Crippen LogP contribution in [0.1, 0.15) is 43.5 Å². The maximum atomic E-state index is 12.7. The van der Waals surface area contributed by atoms with E-state index in [1.807, 2.05) is 23.4 Å². The number of hydrogen-bond donors (Lipinski definition) is 1. The number of nitrogens with one attached hydrogen (secondary N) is 1. The molecule has 3 rings (SSSR count). The zero-order valence-corrected chi connectivity index (χ0v) is 13.3. The van der Waals surface area contributed by atoms with Gasteiger partial charge in [-0.05, 0) is 45.6 Å². The number of amides is 2. The van der Waals surface area contributed by atoms with Crippen LogP contribution in [0.15, 0.2) is 6.07 Å². The fourth-order valence-electron chi connectivity index (χ4n) is 3.54. The van der Waals surface area contributed by atoms with Crippen molar-refractivity contribution in [2.45, 2.75) is 64.6 Å². The molecule has 1 aromatic heterocycles. The molecule has 0 bridgehead atoms. The molecule has 0 aromatic carbocycles. The van der Waals surface area contributed by atoms with Crippen LogP contribution in [0.5, 0.6) is 0 Å². The molecule has 2 atom stereocenters. The van der Waals surface area contributed by atoms with Gasteiger partial charge in [-0.3, -0.25) is 14.3 Å². The summed E-state index contributed by atoms with van der Waals surface area (Å²) in [5.74, 6) is 0.0718. The predicted octanol–water partition coefficient (Wildman–Crippen LogP) is 1.16. The van der Waals surface area contributed by atoms with Crippen molar-refractivity contribution in [2.24, 2.45) is 0 Å². The Labute approximate surface area is 130 Å². The van der Waals surface area contributed by atoms with Crippen LogP contribution in [0.4, 0.5) is 0 Å². The molecule has 2 saturated heterocycles. The molecule has 22 heavy (non-hydrogen) atoms. The van der Waals surface area contributed by atoms with Gasteiger partial charge in [-0.1, -0.05) is 0 Å². The van der Waals surface area contributed by atoms with Crippen molar-refractivity contribution in [1.29, 1.82) is 0 Å². The monoisotopic (exact) mass is 304 g/mol. The molecule has 1 aromatic rings. The normalized spacial score (nSPS) is 25.4. The molecular formula is C16H24N4O2. The second kappa shape index (κ2) is 6.10. The van der Waals surface area contributed by atoms with Crippen molar-refractivity contribution < 1.29 is 9.59 Å². The molecule has 6 nitrogen and oxygen atoms in total. The van der Waals surface area contributed by atoms with E-state index in [2.05, 4.69) is 16.5 Å². The number of carbonyl (C=O) groups excluding carboxylic acids is 2. The van der Waals surface area contributed by atoms with E-state index in [1.165, 1.54) is 0 Å². The Bertz CT molecular complexity index is 581. The SMILES string of the molecule is Cc1cc(C)n(C[C@H]2CCCCN2C(=O)[C@H]2CCC(=O)N2)n1. The average Bonchev–Trinajstić information content (AvgIpc) is 3.05. The first-order valence-electron chi connectivity index (χ1n) is 8.15. The highest BCUT2D eigenvalue weighted by molar-refractivity contribution is 5.91. The minimum atomic E-state index is -0.325. The molecule has 2 fully saturated rings. The van der Waals surface area contributed by atoms with Crippen LogP contribution < -0.4 is 5.32 Å². The number of carbonyl (C=O) groups is 2. The smallest absolute Gasteiger partial charge is 0.245 e. The summed E-state index contributed by atoms with van der Waals surface area (Å²) < 4.78 is 2.00. The van der Waals surface area contributed by atoms with Crippen molar-refractivity contribution in [1.82, 2.24) is 20.0 Å². The summed E-state index contributed by atoms with van der Waals surface area (Å²) in [7, 11) is 0. The van der Waals surface area contributed by atoms with Crippen molar-refractivity contribution in [3.8, 4) is 0 Å². The molecule has 2 aliphatic heterocycles.